The first-order valence-corrected chi connectivity index (χ1v) is 10.1. The fourth-order valence-electron chi connectivity index (χ4n) is 3.85. The summed E-state index contributed by atoms with van der Waals surface area (Å²) >= 11 is 6.26. The number of fused-ring (bicyclic) bond motifs is 1. The quantitative estimate of drug-likeness (QED) is 0.523. The third kappa shape index (κ3) is 4.53. The van der Waals surface area contributed by atoms with Crippen molar-refractivity contribution in [2.45, 2.75) is 40.5 Å². The highest BCUT2D eigenvalue weighted by atomic mass is 35.5. The van der Waals surface area contributed by atoms with Crippen molar-refractivity contribution in [1.82, 2.24) is 4.98 Å². The number of nitrogens with one attached hydrogen (secondary N) is 1. The van der Waals surface area contributed by atoms with E-state index in [9.17, 15) is 4.79 Å². The van der Waals surface area contributed by atoms with Crippen molar-refractivity contribution in [2.24, 2.45) is 11.3 Å². The fraction of sp³-hybridized carbons (Fsp3) is 0.333. The van der Waals surface area contributed by atoms with Crippen LogP contribution in [0.5, 0.6) is 0 Å². The molecule has 1 amide bonds. The molecule has 1 heterocycles. The highest BCUT2D eigenvalue weighted by molar-refractivity contribution is 6.35. The molecule has 0 bridgehead atoms. The molecule has 0 saturated carbocycles. The van der Waals surface area contributed by atoms with Crippen LogP contribution in [0, 0.1) is 18.3 Å². The number of nitrogens with zero attached hydrogens (tertiary/aromatic N) is 1. The van der Waals surface area contributed by atoms with Crippen LogP contribution in [0.25, 0.3) is 10.9 Å². The SMILES string of the molecule is Cc1nc2c(Cl)cccc2cc1NC(=O)C(C)(Cc1ccccc1)CC(C)C. The molecule has 3 rings (SSSR count). The topological polar surface area (TPSA) is 42.0 Å². The summed E-state index contributed by atoms with van der Waals surface area (Å²) in [4.78, 5) is 18.0. The lowest BCUT2D eigenvalue weighted by Gasteiger charge is -2.30. The number of carbonyl (C=O) groups is 1. The Balaban J connectivity index is 1.91. The monoisotopic (exact) mass is 394 g/mol. The van der Waals surface area contributed by atoms with E-state index < -0.39 is 5.41 Å². The van der Waals surface area contributed by atoms with Crippen LogP contribution in [0.2, 0.25) is 5.02 Å². The second-order valence-electron chi connectivity index (χ2n) is 8.21. The number of anilines is 1. The Morgan fingerprint density at radius 2 is 1.86 bits per heavy atom. The highest BCUT2D eigenvalue weighted by Gasteiger charge is 2.34. The number of halogens is 1. The first kappa shape index (κ1) is 20.3. The van der Waals surface area contributed by atoms with E-state index in [-0.39, 0.29) is 5.91 Å². The average Bonchev–Trinajstić information content (AvgIpc) is 2.63. The average molecular weight is 395 g/mol. The van der Waals surface area contributed by atoms with Gasteiger partial charge in [-0.3, -0.25) is 4.79 Å². The maximum atomic E-state index is 13.4. The van der Waals surface area contributed by atoms with E-state index in [4.69, 9.17) is 11.6 Å². The standard InChI is InChI=1S/C24H27ClN2O/c1-16(2)14-24(4,15-18-9-6-5-7-10-18)23(28)27-21-13-19-11-8-12-20(25)22(19)26-17(21)3/h5-13,16H,14-15H2,1-4H3,(H,27,28). The summed E-state index contributed by atoms with van der Waals surface area (Å²) in [6, 6.07) is 17.8. The van der Waals surface area contributed by atoms with Crippen molar-refractivity contribution >= 4 is 34.1 Å². The number of pyridine rings is 1. The van der Waals surface area contributed by atoms with Crippen LogP contribution in [0.3, 0.4) is 0 Å². The van der Waals surface area contributed by atoms with Gasteiger partial charge >= 0.3 is 0 Å². The first-order valence-electron chi connectivity index (χ1n) is 9.70. The lowest BCUT2D eigenvalue weighted by Crippen LogP contribution is -2.37. The normalized spacial score (nSPS) is 13.5. The zero-order chi connectivity index (χ0) is 20.3. The van der Waals surface area contributed by atoms with Gasteiger partial charge in [0.15, 0.2) is 0 Å². The van der Waals surface area contributed by atoms with Crippen LogP contribution >= 0.6 is 11.6 Å². The number of amides is 1. The van der Waals surface area contributed by atoms with Crippen molar-refractivity contribution in [2.75, 3.05) is 5.32 Å². The van der Waals surface area contributed by atoms with Crippen LogP contribution in [-0.2, 0) is 11.2 Å². The molecule has 0 fully saturated rings. The summed E-state index contributed by atoms with van der Waals surface area (Å²) in [6.07, 6.45) is 1.50. The van der Waals surface area contributed by atoms with E-state index in [0.29, 0.717) is 17.4 Å². The number of para-hydroxylation sites is 1. The van der Waals surface area contributed by atoms with Crippen molar-refractivity contribution in [1.29, 1.82) is 0 Å². The lowest BCUT2D eigenvalue weighted by molar-refractivity contribution is -0.125. The van der Waals surface area contributed by atoms with Gasteiger partial charge in [0, 0.05) is 5.39 Å². The minimum absolute atomic E-state index is 0.0244. The summed E-state index contributed by atoms with van der Waals surface area (Å²) in [5, 5.41) is 4.68. The number of hydrogen-bond donors (Lipinski definition) is 1. The van der Waals surface area contributed by atoms with Crippen LogP contribution in [0.4, 0.5) is 5.69 Å². The van der Waals surface area contributed by atoms with Gasteiger partial charge in [-0.15, -0.1) is 0 Å². The van der Waals surface area contributed by atoms with E-state index in [1.807, 2.05) is 49.4 Å². The fourth-order valence-corrected chi connectivity index (χ4v) is 4.07. The molecule has 0 saturated heterocycles. The summed E-state index contributed by atoms with van der Waals surface area (Å²) in [5.41, 5.74) is 2.92. The largest absolute Gasteiger partial charge is 0.324 e. The van der Waals surface area contributed by atoms with Gasteiger partial charge in [-0.1, -0.05) is 74.8 Å². The van der Waals surface area contributed by atoms with Crippen molar-refractivity contribution < 1.29 is 4.79 Å². The third-order valence-corrected chi connectivity index (χ3v) is 5.38. The molecule has 1 atom stereocenters. The van der Waals surface area contributed by atoms with E-state index in [2.05, 4.69) is 43.2 Å². The molecule has 146 valence electrons. The van der Waals surface area contributed by atoms with Gasteiger partial charge in [0.1, 0.15) is 0 Å². The molecular weight excluding hydrogens is 368 g/mol. The van der Waals surface area contributed by atoms with Crippen LogP contribution in [0.1, 0.15) is 38.4 Å². The zero-order valence-electron chi connectivity index (χ0n) is 16.9. The van der Waals surface area contributed by atoms with Gasteiger partial charge in [0.2, 0.25) is 5.91 Å². The van der Waals surface area contributed by atoms with Gasteiger partial charge < -0.3 is 5.32 Å². The molecule has 0 aliphatic rings. The Kier molecular flexibility index (Phi) is 6.04. The molecule has 1 N–H and O–H groups in total. The van der Waals surface area contributed by atoms with Crippen LogP contribution in [0.15, 0.2) is 54.6 Å². The van der Waals surface area contributed by atoms with Gasteiger partial charge in [-0.2, -0.15) is 0 Å². The number of benzene rings is 2. The molecule has 4 heteroatoms. The maximum absolute atomic E-state index is 13.4. The molecule has 3 nitrogen and oxygen atoms in total. The first-order chi connectivity index (χ1) is 13.3. The van der Waals surface area contributed by atoms with Crippen LogP contribution in [-0.4, -0.2) is 10.9 Å². The smallest absolute Gasteiger partial charge is 0.230 e. The molecule has 1 unspecified atom stereocenters. The summed E-state index contributed by atoms with van der Waals surface area (Å²) in [7, 11) is 0. The van der Waals surface area contributed by atoms with Crippen molar-refractivity contribution in [3.63, 3.8) is 0 Å². The maximum Gasteiger partial charge on any atom is 0.230 e. The minimum Gasteiger partial charge on any atom is -0.324 e. The minimum atomic E-state index is -0.509. The van der Waals surface area contributed by atoms with E-state index >= 15 is 0 Å². The van der Waals surface area contributed by atoms with E-state index in [0.717, 1.165) is 28.7 Å². The van der Waals surface area contributed by atoms with E-state index in [1.54, 1.807) is 0 Å². The number of hydrogen-bond acceptors (Lipinski definition) is 2. The van der Waals surface area contributed by atoms with E-state index in [1.165, 1.54) is 5.56 Å². The molecular formula is C24H27ClN2O. The lowest BCUT2D eigenvalue weighted by atomic mass is 9.76. The number of carbonyl (C=O) groups excluding carboxylic acids is 1. The molecule has 28 heavy (non-hydrogen) atoms. The number of aromatic nitrogens is 1. The Bertz CT molecular complexity index is 985. The van der Waals surface area contributed by atoms with Crippen molar-refractivity contribution in [3.8, 4) is 0 Å². The molecule has 1 aromatic heterocycles. The van der Waals surface area contributed by atoms with Crippen molar-refractivity contribution in [3.05, 3.63) is 70.9 Å². The number of aryl methyl sites for hydroxylation is 1. The van der Waals surface area contributed by atoms with Gasteiger partial charge in [0.25, 0.3) is 0 Å². The predicted molar refractivity (Wildman–Crippen MR) is 118 cm³/mol. The Hall–Kier alpha value is -2.39. The van der Waals surface area contributed by atoms with Gasteiger partial charge in [0.05, 0.1) is 27.3 Å². The Morgan fingerprint density at radius 1 is 1.14 bits per heavy atom. The molecule has 0 spiro atoms. The highest BCUT2D eigenvalue weighted by Crippen LogP contribution is 2.33. The molecule has 0 aliphatic carbocycles. The van der Waals surface area contributed by atoms with Gasteiger partial charge in [-0.25, -0.2) is 4.98 Å². The van der Waals surface area contributed by atoms with Crippen LogP contribution < -0.4 is 5.32 Å². The second-order valence-corrected chi connectivity index (χ2v) is 8.62. The second kappa shape index (κ2) is 8.32. The molecule has 3 aromatic rings. The molecule has 2 aromatic carbocycles. The third-order valence-electron chi connectivity index (χ3n) is 5.08. The molecule has 0 radical (unpaired) electrons. The summed E-state index contributed by atoms with van der Waals surface area (Å²) in [6.45, 7) is 8.26. The summed E-state index contributed by atoms with van der Waals surface area (Å²) < 4.78 is 0. The Labute approximate surface area is 172 Å². The van der Waals surface area contributed by atoms with Gasteiger partial charge in [-0.05, 0) is 43.4 Å². The number of rotatable bonds is 6. The Morgan fingerprint density at radius 3 is 2.54 bits per heavy atom. The molecule has 0 aliphatic heterocycles. The summed E-state index contributed by atoms with van der Waals surface area (Å²) in [5.74, 6) is 0.436. The zero-order valence-corrected chi connectivity index (χ0v) is 17.7. The predicted octanol–water partition coefficient (Wildman–Crippen LogP) is 6.43.